The molecule has 2 N–H and O–H groups in total. The number of benzene rings is 1. The van der Waals surface area contributed by atoms with E-state index in [9.17, 15) is 4.79 Å². The van der Waals surface area contributed by atoms with Crippen LogP contribution < -0.4 is 10.9 Å². The molecule has 1 unspecified atom stereocenters. The second-order valence-electron chi connectivity index (χ2n) is 7.28. The van der Waals surface area contributed by atoms with Crippen molar-refractivity contribution in [2.45, 2.75) is 45.6 Å². The minimum Gasteiger partial charge on any atom is -0.355 e. The fourth-order valence-electron chi connectivity index (χ4n) is 2.94. The molecule has 0 bridgehead atoms. The largest absolute Gasteiger partial charge is 0.355 e. The zero-order valence-corrected chi connectivity index (χ0v) is 15.2. The number of aromatic amines is 1. The minimum absolute atomic E-state index is 0.171. The molecular weight excluding hydrogens is 314 g/mol. The summed E-state index contributed by atoms with van der Waals surface area (Å²) in [6.07, 6.45) is 2.58. The molecule has 0 saturated heterocycles. The van der Waals surface area contributed by atoms with E-state index in [4.69, 9.17) is 0 Å². The molecule has 0 aliphatic rings. The monoisotopic (exact) mass is 339 g/mol. The quantitative estimate of drug-likeness (QED) is 0.746. The fraction of sp³-hybridized carbons (Fsp3) is 0.421. The third-order valence-electron chi connectivity index (χ3n) is 4.35. The maximum atomic E-state index is 12.3. The molecule has 0 amide bonds. The van der Waals surface area contributed by atoms with Gasteiger partial charge in [-0.25, -0.2) is 4.68 Å². The minimum atomic E-state index is -0.240. The highest BCUT2D eigenvalue weighted by Gasteiger charge is 2.20. The Labute approximate surface area is 147 Å². The molecule has 2 heterocycles. The van der Waals surface area contributed by atoms with E-state index in [-0.39, 0.29) is 11.1 Å². The van der Waals surface area contributed by atoms with E-state index in [1.807, 2.05) is 39.0 Å². The van der Waals surface area contributed by atoms with E-state index >= 15 is 0 Å². The molecule has 6 nitrogen and oxygen atoms in total. The lowest BCUT2D eigenvalue weighted by Crippen LogP contribution is -2.24. The summed E-state index contributed by atoms with van der Waals surface area (Å²) in [5, 5.41) is 8.13. The van der Waals surface area contributed by atoms with Gasteiger partial charge in [-0.1, -0.05) is 37.3 Å². The summed E-state index contributed by atoms with van der Waals surface area (Å²) in [5.41, 5.74) is 1.47. The van der Waals surface area contributed by atoms with E-state index < -0.39 is 0 Å². The summed E-state index contributed by atoms with van der Waals surface area (Å²) < 4.78 is 1.79. The highest BCUT2D eigenvalue weighted by molar-refractivity contribution is 5.74. The van der Waals surface area contributed by atoms with Gasteiger partial charge in [0.2, 0.25) is 5.95 Å². The molecule has 0 saturated carbocycles. The van der Waals surface area contributed by atoms with Crippen LogP contribution in [0.25, 0.3) is 11.0 Å². The van der Waals surface area contributed by atoms with Crippen LogP contribution in [0.2, 0.25) is 0 Å². The van der Waals surface area contributed by atoms with E-state index in [2.05, 4.69) is 39.4 Å². The normalized spacial score (nSPS) is 13.1. The van der Waals surface area contributed by atoms with Gasteiger partial charge in [-0.05, 0) is 32.8 Å². The number of fused-ring (bicyclic) bond motifs is 1. The Morgan fingerprint density at radius 1 is 1.24 bits per heavy atom. The van der Waals surface area contributed by atoms with Crippen molar-refractivity contribution in [2.75, 3.05) is 11.9 Å². The molecule has 1 atom stereocenters. The Kier molecular flexibility index (Phi) is 4.61. The first kappa shape index (κ1) is 17.2. The van der Waals surface area contributed by atoms with E-state index in [0.29, 0.717) is 29.4 Å². The van der Waals surface area contributed by atoms with Gasteiger partial charge in [0.1, 0.15) is 5.39 Å². The molecular formula is C19H25N5O. The highest BCUT2D eigenvalue weighted by atomic mass is 16.1. The number of anilines is 1. The fourth-order valence-corrected chi connectivity index (χ4v) is 2.94. The Morgan fingerprint density at radius 3 is 2.60 bits per heavy atom. The summed E-state index contributed by atoms with van der Waals surface area (Å²) in [4.78, 5) is 19.7. The molecule has 1 aromatic carbocycles. The predicted molar refractivity (Wildman–Crippen MR) is 101 cm³/mol. The van der Waals surface area contributed by atoms with Crippen molar-refractivity contribution in [3.63, 3.8) is 0 Å². The lowest BCUT2D eigenvalue weighted by molar-refractivity contribution is 0.366. The highest BCUT2D eigenvalue weighted by Crippen LogP contribution is 2.21. The number of H-pyrrole nitrogens is 1. The molecule has 25 heavy (non-hydrogen) atoms. The van der Waals surface area contributed by atoms with Crippen molar-refractivity contribution in [3.05, 3.63) is 52.4 Å². The van der Waals surface area contributed by atoms with Crippen LogP contribution in [0.4, 0.5) is 5.95 Å². The molecule has 0 fully saturated rings. The summed E-state index contributed by atoms with van der Waals surface area (Å²) >= 11 is 0. The third kappa shape index (κ3) is 3.57. The second-order valence-corrected chi connectivity index (χ2v) is 7.28. The van der Waals surface area contributed by atoms with Crippen LogP contribution in [0.3, 0.4) is 0 Å². The van der Waals surface area contributed by atoms with Gasteiger partial charge in [0, 0.05) is 12.5 Å². The lowest BCUT2D eigenvalue weighted by Gasteiger charge is -2.20. The molecule has 0 aliphatic carbocycles. The summed E-state index contributed by atoms with van der Waals surface area (Å²) in [6, 6.07) is 10.4. The van der Waals surface area contributed by atoms with Crippen molar-refractivity contribution < 1.29 is 0 Å². The van der Waals surface area contributed by atoms with Gasteiger partial charge in [-0.3, -0.25) is 9.78 Å². The van der Waals surface area contributed by atoms with Crippen molar-refractivity contribution in [1.82, 2.24) is 19.7 Å². The standard InChI is InChI=1S/C19H25N5O/c1-5-13(14-9-7-6-8-10-14)11-20-18-22-16-15(17(25)23-18)12-21-24(16)19(2,3)4/h6-10,12-13H,5,11H2,1-4H3,(H2,20,22,23,25). The van der Waals surface area contributed by atoms with Gasteiger partial charge in [0.15, 0.2) is 5.65 Å². The van der Waals surface area contributed by atoms with Crippen LogP contribution in [0.15, 0.2) is 41.3 Å². The first-order valence-electron chi connectivity index (χ1n) is 8.67. The number of hydrogen-bond donors (Lipinski definition) is 2. The van der Waals surface area contributed by atoms with E-state index in [1.165, 1.54) is 5.56 Å². The Morgan fingerprint density at radius 2 is 1.96 bits per heavy atom. The maximum Gasteiger partial charge on any atom is 0.263 e. The maximum absolute atomic E-state index is 12.3. The number of hydrogen-bond acceptors (Lipinski definition) is 4. The van der Waals surface area contributed by atoms with Gasteiger partial charge in [-0.2, -0.15) is 10.1 Å². The average Bonchev–Trinajstić information content (AvgIpc) is 3.01. The Bertz CT molecular complexity index is 905. The van der Waals surface area contributed by atoms with Gasteiger partial charge in [0.25, 0.3) is 5.56 Å². The Hall–Kier alpha value is -2.63. The summed E-state index contributed by atoms with van der Waals surface area (Å²) in [7, 11) is 0. The summed E-state index contributed by atoms with van der Waals surface area (Å²) in [6.45, 7) is 8.99. The van der Waals surface area contributed by atoms with Crippen LogP contribution in [-0.2, 0) is 5.54 Å². The topological polar surface area (TPSA) is 75.6 Å². The van der Waals surface area contributed by atoms with Crippen LogP contribution in [0.5, 0.6) is 0 Å². The van der Waals surface area contributed by atoms with E-state index in [0.717, 1.165) is 6.42 Å². The number of nitrogens with one attached hydrogen (secondary N) is 2. The smallest absolute Gasteiger partial charge is 0.263 e. The zero-order chi connectivity index (χ0) is 18.0. The second kappa shape index (κ2) is 6.70. The number of rotatable bonds is 5. The molecule has 3 rings (SSSR count). The van der Waals surface area contributed by atoms with Crippen LogP contribution in [0, 0.1) is 0 Å². The molecule has 2 aromatic heterocycles. The zero-order valence-electron chi connectivity index (χ0n) is 15.2. The first-order chi connectivity index (χ1) is 11.9. The van der Waals surface area contributed by atoms with E-state index in [1.54, 1.807) is 10.9 Å². The first-order valence-corrected chi connectivity index (χ1v) is 8.67. The number of aromatic nitrogens is 4. The predicted octanol–water partition coefficient (Wildman–Crippen LogP) is 3.48. The molecule has 6 heteroatoms. The van der Waals surface area contributed by atoms with Gasteiger partial charge < -0.3 is 5.32 Å². The average molecular weight is 339 g/mol. The van der Waals surface area contributed by atoms with Gasteiger partial charge in [0.05, 0.1) is 11.7 Å². The van der Waals surface area contributed by atoms with Crippen LogP contribution in [0.1, 0.15) is 45.6 Å². The van der Waals surface area contributed by atoms with Crippen LogP contribution >= 0.6 is 0 Å². The molecule has 0 spiro atoms. The van der Waals surface area contributed by atoms with Crippen molar-refractivity contribution in [2.24, 2.45) is 0 Å². The van der Waals surface area contributed by atoms with Crippen molar-refractivity contribution >= 4 is 17.0 Å². The molecule has 3 aromatic rings. The Balaban J connectivity index is 1.88. The molecule has 132 valence electrons. The van der Waals surface area contributed by atoms with Crippen LogP contribution in [-0.4, -0.2) is 26.3 Å². The number of nitrogens with zero attached hydrogens (tertiary/aromatic N) is 3. The lowest BCUT2D eigenvalue weighted by atomic mass is 9.97. The van der Waals surface area contributed by atoms with Gasteiger partial charge in [-0.15, -0.1) is 0 Å². The van der Waals surface area contributed by atoms with Crippen molar-refractivity contribution in [3.8, 4) is 0 Å². The summed E-state index contributed by atoms with van der Waals surface area (Å²) in [5.74, 6) is 0.840. The van der Waals surface area contributed by atoms with Gasteiger partial charge >= 0.3 is 0 Å². The molecule has 0 radical (unpaired) electrons. The molecule has 0 aliphatic heterocycles. The van der Waals surface area contributed by atoms with Crippen molar-refractivity contribution in [1.29, 1.82) is 0 Å². The third-order valence-corrected chi connectivity index (χ3v) is 4.35. The SMILES string of the molecule is CCC(CNc1nc2c(cnn2C(C)(C)C)c(=O)[nH]1)c1ccccc1.